The molecule has 0 atom stereocenters. The van der Waals surface area contributed by atoms with Gasteiger partial charge in [-0.15, -0.1) is 11.6 Å². The molecule has 160 valence electrons. The quantitative estimate of drug-likeness (QED) is 0.405. The Morgan fingerprint density at radius 3 is 2.39 bits per heavy atom. The second-order valence-electron chi connectivity index (χ2n) is 7.70. The van der Waals surface area contributed by atoms with E-state index in [4.69, 9.17) is 11.6 Å². The molecule has 0 aliphatic heterocycles. The van der Waals surface area contributed by atoms with Crippen molar-refractivity contribution in [2.24, 2.45) is 0 Å². The molecule has 0 bridgehead atoms. The minimum Gasteiger partial charge on any atom is -0.326 e. The summed E-state index contributed by atoms with van der Waals surface area (Å²) in [6.45, 7) is 0. The molecular formula is C23H20ClFN2O3S. The lowest BCUT2D eigenvalue weighted by Gasteiger charge is -2.11. The van der Waals surface area contributed by atoms with Crippen molar-refractivity contribution in [2.75, 3.05) is 11.0 Å². The third-order valence-electron chi connectivity index (χ3n) is 5.02. The first-order valence-electron chi connectivity index (χ1n) is 9.60. The highest BCUT2D eigenvalue weighted by Crippen LogP contribution is 2.52. The summed E-state index contributed by atoms with van der Waals surface area (Å²) in [5, 5.41) is 0. The molecule has 1 aliphatic carbocycles. The Morgan fingerprint density at radius 2 is 1.74 bits per heavy atom. The Labute approximate surface area is 184 Å². The fourth-order valence-corrected chi connectivity index (χ4v) is 4.07. The van der Waals surface area contributed by atoms with Crippen LogP contribution < -0.4 is 10.3 Å². The number of alkyl halides is 1. The zero-order chi connectivity index (χ0) is 22.2. The van der Waals surface area contributed by atoms with Gasteiger partial charge in [0.15, 0.2) is 0 Å². The van der Waals surface area contributed by atoms with Crippen LogP contribution in [0.1, 0.15) is 29.5 Å². The van der Waals surface area contributed by atoms with E-state index >= 15 is 0 Å². The van der Waals surface area contributed by atoms with Gasteiger partial charge >= 0.3 is 0 Å². The number of sulfonamides is 1. The molecule has 4 rings (SSSR count). The molecule has 0 amide bonds. The lowest BCUT2D eigenvalue weighted by atomic mass is 9.97. The van der Waals surface area contributed by atoms with Crippen LogP contribution >= 0.6 is 11.6 Å². The predicted molar refractivity (Wildman–Crippen MR) is 123 cm³/mol. The zero-order valence-corrected chi connectivity index (χ0v) is 18.2. The average molecular weight is 459 g/mol. The molecule has 1 heterocycles. The Morgan fingerprint density at radius 1 is 1.06 bits per heavy atom. The second kappa shape index (κ2) is 7.98. The summed E-state index contributed by atoms with van der Waals surface area (Å²) in [5.41, 5.74) is 3.52. The highest BCUT2D eigenvalue weighted by molar-refractivity contribution is 7.92. The van der Waals surface area contributed by atoms with E-state index in [0.717, 1.165) is 42.0 Å². The summed E-state index contributed by atoms with van der Waals surface area (Å²) in [4.78, 5) is 14.2. The maximum absolute atomic E-state index is 13.7. The Kier molecular flexibility index (Phi) is 5.49. The molecule has 1 aliphatic rings. The molecular weight excluding hydrogens is 439 g/mol. The smallest absolute Gasteiger partial charge is 0.256 e. The molecule has 1 aromatic heterocycles. The van der Waals surface area contributed by atoms with E-state index < -0.39 is 20.7 Å². The van der Waals surface area contributed by atoms with Crippen molar-refractivity contribution in [1.29, 1.82) is 0 Å². The van der Waals surface area contributed by atoms with E-state index in [9.17, 15) is 17.6 Å². The van der Waals surface area contributed by atoms with Crippen LogP contribution in [0, 0.1) is 5.82 Å². The summed E-state index contributed by atoms with van der Waals surface area (Å²) in [5.74, 6) is -0.521. The first-order valence-corrected chi connectivity index (χ1v) is 11.9. The molecule has 1 saturated carbocycles. The molecule has 0 saturated heterocycles. The minimum atomic E-state index is -3.33. The van der Waals surface area contributed by atoms with Crippen molar-refractivity contribution < 1.29 is 12.8 Å². The second-order valence-corrected chi connectivity index (χ2v) is 10.2. The number of anilines is 1. The van der Waals surface area contributed by atoms with Crippen molar-refractivity contribution >= 4 is 39.5 Å². The van der Waals surface area contributed by atoms with Crippen LogP contribution in [0.15, 0.2) is 59.5 Å². The maximum Gasteiger partial charge on any atom is 0.256 e. The van der Waals surface area contributed by atoms with Crippen LogP contribution in [0.5, 0.6) is 0 Å². The van der Waals surface area contributed by atoms with Gasteiger partial charge in [0.1, 0.15) is 5.82 Å². The van der Waals surface area contributed by atoms with Gasteiger partial charge in [0, 0.05) is 17.4 Å². The third-order valence-corrected chi connectivity index (χ3v) is 6.23. The monoisotopic (exact) mass is 458 g/mol. The summed E-state index contributed by atoms with van der Waals surface area (Å²) in [6.07, 6.45) is 7.56. The van der Waals surface area contributed by atoms with E-state index in [1.165, 1.54) is 6.07 Å². The first-order chi connectivity index (χ1) is 14.6. The maximum atomic E-state index is 13.7. The molecule has 31 heavy (non-hydrogen) atoms. The normalized spacial score (nSPS) is 15.2. The number of pyridine rings is 1. The van der Waals surface area contributed by atoms with Gasteiger partial charge in [-0.2, -0.15) is 0 Å². The van der Waals surface area contributed by atoms with Crippen LogP contribution in [0.3, 0.4) is 0 Å². The van der Waals surface area contributed by atoms with E-state index in [1.54, 1.807) is 24.3 Å². The molecule has 1 fully saturated rings. The number of hydrogen-bond acceptors (Lipinski definition) is 3. The largest absolute Gasteiger partial charge is 0.326 e. The van der Waals surface area contributed by atoms with Crippen molar-refractivity contribution in [3.63, 3.8) is 0 Å². The molecule has 0 spiro atoms. The molecule has 8 heteroatoms. The zero-order valence-electron chi connectivity index (χ0n) is 16.7. The topological polar surface area (TPSA) is 79.0 Å². The number of aromatic amines is 1. The standard InChI is InChI=1S/C23H20ClFN2O3S/c1-31(29,30)27-20-6-4-15(5-7-20)2-3-16-10-17(12-18(11-16)23(24)8-9-23)21-13-19(25)14-26-22(21)28/h2-7,10-14,27H,8-9H2,1H3,(H,26,28)/b3-2+. The van der Waals surface area contributed by atoms with Crippen molar-refractivity contribution in [2.45, 2.75) is 17.7 Å². The van der Waals surface area contributed by atoms with E-state index in [-0.39, 0.29) is 11.1 Å². The highest BCUT2D eigenvalue weighted by Gasteiger charge is 2.42. The summed E-state index contributed by atoms with van der Waals surface area (Å²) in [6, 6.07) is 13.8. The number of aromatic nitrogens is 1. The van der Waals surface area contributed by atoms with Gasteiger partial charge < -0.3 is 4.98 Å². The van der Waals surface area contributed by atoms with Crippen LogP contribution in [-0.2, 0) is 14.9 Å². The number of hydrogen-bond donors (Lipinski definition) is 2. The van der Waals surface area contributed by atoms with E-state index in [2.05, 4.69) is 9.71 Å². The Balaban J connectivity index is 1.68. The lowest BCUT2D eigenvalue weighted by Crippen LogP contribution is -2.09. The van der Waals surface area contributed by atoms with Gasteiger partial charge in [-0.1, -0.05) is 24.3 Å². The summed E-state index contributed by atoms with van der Waals surface area (Å²) < 4.78 is 38.8. The number of benzene rings is 2. The first kappa shape index (κ1) is 21.3. The van der Waals surface area contributed by atoms with Crippen LogP contribution in [0.4, 0.5) is 10.1 Å². The number of halogens is 2. The SMILES string of the molecule is CS(=O)(=O)Nc1ccc(/C=C/c2cc(-c3cc(F)c[nH]c3=O)cc(C3(Cl)CC3)c2)cc1. The Bertz CT molecular complexity index is 1330. The van der Waals surface area contributed by atoms with Crippen LogP contribution in [-0.4, -0.2) is 19.7 Å². The van der Waals surface area contributed by atoms with Gasteiger partial charge in [0.05, 0.1) is 11.1 Å². The van der Waals surface area contributed by atoms with Crippen molar-refractivity contribution in [3.05, 3.63) is 87.6 Å². The molecule has 0 unspecified atom stereocenters. The molecule has 2 N–H and O–H groups in total. The third kappa shape index (κ3) is 5.24. The van der Waals surface area contributed by atoms with Gasteiger partial charge in [0.25, 0.3) is 5.56 Å². The van der Waals surface area contributed by atoms with Gasteiger partial charge in [-0.25, -0.2) is 12.8 Å². The predicted octanol–water partition coefficient (Wildman–Crippen LogP) is 4.95. The van der Waals surface area contributed by atoms with Gasteiger partial charge in [-0.05, 0) is 71.5 Å². The summed E-state index contributed by atoms with van der Waals surface area (Å²) in [7, 11) is -3.33. The van der Waals surface area contributed by atoms with Gasteiger partial charge in [0.2, 0.25) is 10.0 Å². The molecule has 3 aromatic rings. The lowest BCUT2D eigenvalue weighted by molar-refractivity contribution is 0.607. The van der Waals surface area contributed by atoms with E-state index in [0.29, 0.717) is 11.3 Å². The number of rotatable bonds is 6. The highest BCUT2D eigenvalue weighted by atomic mass is 35.5. The fraction of sp³-hybridized carbons (Fsp3) is 0.174. The van der Waals surface area contributed by atoms with Crippen molar-refractivity contribution in [3.8, 4) is 11.1 Å². The number of H-pyrrole nitrogens is 1. The fourth-order valence-electron chi connectivity index (χ4n) is 3.30. The van der Waals surface area contributed by atoms with Crippen molar-refractivity contribution in [1.82, 2.24) is 4.98 Å². The van der Waals surface area contributed by atoms with Crippen LogP contribution in [0.2, 0.25) is 0 Å². The molecule has 0 radical (unpaired) electrons. The average Bonchev–Trinajstić information content (AvgIpc) is 3.47. The minimum absolute atomic E-state index is 0.244. The molecule has 2 aromatic carbocycles. The summed E-state index contributed by atoms with van der Waals surface area (Å²) >= 11 is 6.62. The molecule has 5 nitrogen and oxygen atoms in total. The van der Waals surface area contributed by atoms with E-state index in [1.807, 2.05) is 30.4 Å². The Hall–Kier alpha value is -2.90. The number of nitrogens with one attached hydrogen (secondary N) is 2. The van der Waals surface area contributed by atoms with Gasteiger partial charge in [-0.3, -0.25) is 9.52 Å². The van der Waals surface area contributed by atoms with Crippen LogP contribution in [0.25, 0.3) is 23.3 Å².